The van der Waals surface area contributed by atoms with Crippen LogP contribution in [0.15, 0.2) is 0 Å². The Morgan fingerprint density at radius 1 is 0.955 bits per heavy atom. The molecule has 7 nitrogen and oxygen atoms in total. The molecule has 0 bridgehead atoms. The summed E-state index contributed by atoms with van der Waals surface area (Å²) in [6.07, 6.45) is -0.842. The lowest BCUT2D eigenvalue weighted by Crippen LogP contribution is -2.38. The van der Waals surface area contributed by atoms with Gasteiger partial charge in [0.2, 0.25) is 0 Å². The molecule has 0 saturated carbocycles. The number of ether oxygens (including phenoxy) is 3. The predicted molar refractivity (Wildman–Crippen MR) is 80.2 cm³/mol. The highest BCUT2D eigenvalue weighted by Crippen LogP contribution is 2.13. The predicted octanol–water partition coefficient (Wildman–Crippen LogP) is 2.03. The number of alkyl carbamates (subject to hydrolysis) is 1. The van der Waals surface area contributed by atoms with Crippen LogP contribution in [0, 0.1) is 5.92 Å². The zero-order valence-corrected chi connectivity index (χ0v) is 14.4. The van der Waals surface area contributed by atoms with Gasteiger partial charge < -0.3 is 19.5 Å². The van der Waals surface area contributed by atoms with Crippen molar-refractivity contribution in [3.05, 3.63) is 0 Å². The molecule has 0 aliphatic carbocycles. The Hall–Kier alpha value is -1.79. The Labute approximate surface area is 131 Å². The van der Waals surface area contributed by atoms with Crippen molar-refractivity contribution in [1.29, 1.82) is 0 Å². The number of methoxy groups -OCH3 is 1. The third-order valence-electron chi connectivity index (χ3n) is 2.26. The van der Waals surface area contributed by atoms with Gasteiger partial charge in [-0.05, 0) is 41.5 Å². The molecule has 0 aliphatic heterocycles. The summed E-state index contributed by atoms with van der Waals surface area (Å²) < 4.78 is 14.9. The summed E-state index contributed by atoms with van der Waals surface area (Å²) in [6, 6.07) is 0. The van der Waals surface area contributed by atoms with E-state index in [1.54, 1.807) is 41.5 Å². The molecular formula is C15H27NO6. The van der Waals surface area contributed by atoms with Gasteiger partial charge in [0.1, 0.15) is 11.2 Å². The van der Waals surface area contributed by atoms with Crippen LogP contribution in [0.3, 0.4) is 0 Å². The Morgan fingerprint density at radius 3 is 1.86 bits per heavy atom. The minimum absolute atomic E-state index is 0.0686. The SMILES string of the molecule is COC(=O)C(CNC(=O)OC(C)(C)C)CC(=O)OC(C)(C)C. The van der Waals surface area contributed by atoms with Gasteiger partial charge in [-0.3, -0.25) is 9.59 Å². The smallest absolute Gasteiger partial charge is 0.407 e. The number of carbonyl (C=O) groups is 3. The van der Waals surface area contributed by atoms with Gasteiger partial charge in [0.25, 0.3) is 0 Å². The largest absolute Gasteiger partial charge is 0.469 e. The zero-order chi connectivity index (χ0) is 17.6. The van der Waals surface area contributed by atoms with E-state index in [9.17, 15) is 14.4 Å². The van der Waals surface area contributed by atoms with Crippen molar-refractivity contribution in [3.8, 4) is 0 Å². The van der Waals surface area contributed by atoms with Crippen LogP contribution < -0.4 is 5.32 Å². The Kier molecular flexibility index (Phi) is 7.35. The molecule has 0 fully saturated rings. The fourth-order valence-corrected chi connectivity index (χ4v) is 1.51. The molecular weight excluding hydrogens is 290 g/mol. The maximum atomic E-state index is 11.8. The monoisotopic (exact) mass is 317 g/mol. The van der Waals surface area contributed by atoms with Gasteiger partial charge in [-0.1, -0.05) is 0 Å². The lowest BCUT2D eigenvalue weighted by atomic mass is 10.1. The van der Waals surface area contributed by atoms with Crippen molar-refractivity contribution in [3.63, 3.8) is 0 Å². The number of amides is 1. The van der Waals surface area contributed by atoms with E-state index in [0.717, 1.165) is 0 Å². The summed E-state index contributed by atoms with van der Waals surface area (Å²) in [4.78, 5) is 35.1. The van der Waals surface area contributed by atoms with Crippen LogP contribution in [0.25, 0.3) is 0 Å². The van der Waals surface area contributed by atoms with Crippen LogP contribution in [0.5, 0.6) is 0 Å². The highest BCUT2D eigenvalue weighted by Gasteiger charge is 2.27. The fourth-order valence-electron chi connectivity index (χ4n) is 1.51. The molecule has 0 aromatic carbocycles. The normalized spacial score (nSPS) is 13.0. The van der Waals surface area contributed by atoms with Crippen LogP contribution in [-0.4, -0.2) is 42.9 Å². The van der Waals surface area contributed by atoms with Gasteiger partial charge >= 0.3 is 18.0 Å². The quantitative estimate of drug-likeness (QED) is 0.616. The van der Waals surface area contributed by atoms with Gasteiger partial charge in [0.05, 0.1) is 19.4 Å². The number of hydrogen-bond acceptors (Lipinski definition) is 6. The van der Waals surface area contributed by atoms with E-state index in [-0.39, 0.29) is 13.0 Å². The first-order valence-corrected chi connectivity index (χ1v) is 7.10. The minimum Gasteiger partial charge on any atom is -0.469 e. The van der Waals surface area contributed by atoms with Crippen molar-refractivity contribution in [1.82, 2.24) is 5.32 Å². The minimum atomic E-state index is -0.827. The molecule has 0 spiro atoms. The average Bonchev–Trinajstić information content (AvgIpc) is 2.28. The molecule has 1 atom stereocenters. The van der Waals surface area contributed by atoms with Gasteiger partial charge in [-0.25, -0.2) is 4.79 Å². The summed E-state index contributed by atoms with van der Waals surface area (Å²) in [5.41, 5.74) is -1.29. The zero-order valence-electron chi connectivity index (χ0n) is 14.4. The lowest BCUT2D eigenvalue weighted by molar-refractivity contribution is -0.160. The molecule has 1 unspecified atom stereocenters. The van der Waals surface area contributed by atoms with Crippen molar-refractivity contribution in [2.75, 3.05) is 13.7 Å². The first kappa shape index (κ1) is 20.2. The van der Waals surface area contributed by atoms with Gasteiger partial charge in [-0.15, -0.1) is 0 Å². The van der Waals surface area contributed by atoms with Gasteiger partial charge in [0, 0.05) is 6.54 Å². The first-order valence-electron chi connectivity index (χ1n) is 7.10. The molecule has 0 radical (unpaired) electrons. The molecule has 7 heteroatoms. The second kappa shape index (κ2) is 8.00. The van der Waals surface area contributed by atoms with Crippen molar-refractivity contribution in [2.24, 2.45) is 5.92 Å². The molecule has 0 aromatic heterocycles. The highest BCUT2D eigenvalue weighted by atomic mass is 16.6. The lowest BCUT2D eigenvalue weighted by Gasteiger charge is -2.23. The summed E-state index contributed by atoms with van der Waals surface area (Å²) in [7, 11) is 1.22. The third-order valence-corrected chi connectivity index (χ3v) is 2.26. The second-order valence-electron chi connectivity index (χ2n) is 6.89. The van der Waals surface area contributed by atoms with Crippen LogP contribution in [0.4, 0.5) is 4.79 Å². The van der Waals surface area contributed by atoms with E-state index in [1.807, 2.05) is 0 Å². The second-order valence-corrected chi connectivity index (χ2v) is 6.89. The standard InChI is InChI=1S/C15H27NO6/c1-14(2,3)21-11(17)8-10(12(18)20-7)9-16-13(19)22-15(4,5)6/h10H,8-9H2,1-7H3,(H,16,19). The Bertz CT molecular complexity index is 405. The summed E-state index contributed by atoms with van der Waals surface area (Å²) in [5.74, 6) is -1.96. The molecule has 1 N–H and O–H groups in total. The van der Waals surface area contributed by atoms with E-state index in [2.05, 4.69) is 10.1 Å². The molecule has 0 aromatic rings. The van der Waals surface area contributed by atoms with Crippen LogP contribution in [0.2, 0.25) is 0 Å². The van der Waals surface area contributed by atoms with E-state index in [0.29, 0.717) is 0 Å². The number of carbonyl (C=O) groups excluding carboxylic acids is 3. The van der Waals surface area contributed by atoms with Crippen molar-refractivity contribution < 1.29 is 28.6 Å². The van der Waals surface area contributed by atoms with Gasteiger partial charge in [0.15, 0.2) is 0 Å². The van der Waals surface area contributed by atoms with E-state index >= 15 is 0 Å². The third kappa shape index (κ3) is 10.0. The van der Waals surface area contributed by atoms with Crippen LogP contribution in [0.1, 0.15) is 48.0 Å². The summed E-state index contributed by atoms with van der Waals surface area (Å²) in [5, 5.41) is 2.45. The maximum absolute atomic E-state index is 11.8. The summed E-state index contributed by atoms with van der Waals surface area (Å²) in [6.45, 7) is 10.3. The number of esters is 2. The first-order chi connectivity index (χ1) is 9.84. The highest BCUT2D eigenvalue weighted by molar-refractivity contribution is 5.81. The van der Waals surface area contributed by atoms with Crippen molar-refractivity contribution >= 4 is 18.0 Å². The maximum Gasteiger partial charge on any atom is 0.407 e. The van der Waals surface area contributed by atoms with E-state index in [4.69, 9.17) is 9.47 Å². The molecule has 0 aliphatic rings. The van der Waals surface area contributed by atoms with E-state index < -0.39 is 35.2 Å². The topological polar surface area (TPSA) is 90.9 Å². The molecule has 1 amide bonds. The number of nitrogens with one attached hydrogen (secondary N) is 1. The Balaban J connectivity index is 4.57. The van der Waals surface area contributed by atoms with Gasteiger partial charge in [-0.2, -0.15) is 0 Å². The molecule has 0 saturated heterocycles. The molecule has 128 valence electrons. The molecule has 0 heterocycles. The van der Waals surface area contributed by atoms with Crippen LogP contribution >= 0.6 is 0 Å². The number of hydrogen-bond donors (Lipinski definition) is 1. The number of rotatable bonds is 5. The molecule has 0 rings (SSSR count). The molecule has 22 heavy (non-hydrogen) atoms. The van der Waals surface area contributed by atoms with Crippen LogP contribution in [-0.2, 0) is 23.8 Å². The van der Waals surface area contributed by atoms with Crippen molar-refractivity contribution in [2.45, 2.75) is 59.2 Å². The average molecular weight is 317 g/mol. The fraction of sp³-hybridized carbons (Fsp3) is 0.800. The van der Waals surface area contributed by atoms with E-state index in [1.165, 1.54) is 7.11 Å². The Morgan fingerprint density at radius 2 is 1.45 bits per heavy atom. The summed E-state index contributed by atoms with van der Waals surface area (Å²) >= 11 is 0.